The third-order valence-electron chi connectivity index (χ3n) is 0.815. The molecule has 0 spiro atoms. The molecule has 0 atom stereocenters. The van der Waals surface area contributed by atoms with Gasteiger partial charge in [0.05, 0.1) is 0 Å². The van der Waals surface area contributed by atoms with Gasteiger partial charge in [0, 0.05) is 11.6 Å². The van der Waals surface area contributed by atoms with E-state index in [4.69, 9.17) is 11.6 Å². The van der Waals surface area contributed by atoms with Crippen LogP contribution in [0.25, 0.3) is 0 Å². The maximum atomic E-state index is 12.1. The van der Waals surface area contributed by atoms with Crippen molar-refractivity contribution < 1.29 is 27.3 Å². The van der Waals surface area contributed by atoms with Crippen LogP contribution in [0.15, 0.2) is 12.1 Å². The average Bonchev–Trinajstić information content (AvgIpc) is 1.80. The van der Waals surface area contributed by atoms with Crippen molar-refractivity contribution in [3.63, 3.8) is 0 Å². The Kier molecular flexibility index (Phi) is 6.87. The molecule has 0 unspecified atom stereocenters. The minimum atomic E-state index is -1.04. The molecule has 0 fully saturated rings. The van der Waals surface area contributed by atoms with Gasteiger partial charge in [-0.25, -0.2) is 4.39 Å². The van der Waals surface area contributed by atoms with Crippen molar-refractivity contribution in [2.45, 2.75) is 0 Å². The van der Waals surface area contributed by atoms with Crippen molar-refractivity contribution in [2.24, 2.45) is 0 Å². The third kappa shape index (κ3) is 3.75. The Morgan fingerprint density at radius 3 is 2.18 bits per heavy atom. The zero-order valence-corrected chi connectivity index (χ0v) is 7.89. The van der Waals surface area contributed by atoms with Crippen LogP contribution in [0.4, 0.5) is 8.78 Å². The Bertz CT molecular complexity index is 228. The van der Waals surface area contributed by atoms with Gasteiger partial charge in [0.2, 0.25) is 0 Å². The summed E-state index contributed by atoms with van der Waals surface area (Å²) in [5.74, 6) is -1.97. The van der Waals surface area contributed by atoms with E-state index in [2.05, 4.69) is 0 Å². The summed E-state index contributed by atoms with van der Waals surface area (Å²) in [5.41, 5.74) is 0. The topological polar surface area (TPSA) is 0 Å². The molecule has 0 bridgehead atoms. The Morgan fingerprint density at radius 2 is 1.82 bits per heavy atom. The summed E-state index contributed by atoms with van der Waals surface area (Å²) < 4.78 is 24.1. The van der Waals surface area contributed by atoms with E-state index < -0.39 is 11.6 Å². The summed E-state index contributed by atoms with van der Waals surface area (Å²) in [7, 11) is 0. The van der Waals surface area contributed by atoms with Gasteiger partial charge in [0.15, 0.2) is 0 Å². The monoisotopic (exact) mass is 213 g/mol. The molecular weight excluding hydrogens is 208 g/mol. The van der Waals surface area contributed by atoms with Gasteiger partial charge in [-0.2, -0.15) is 0 Å². The number of hydrogen-bond acceptors (Lipinski definition) is 0. The quantitative estimate of drug-likeness (QED) is 0.459. The zero-order chi connectivity index (χ0) is 6.85. The van der Waals surface area contributed by atoms with Gasteiger partial charge in [-0.1, -0.05) is 5.02 Å². The summed E-state index contributed by atoms with van der Waals surface area (Å²) in [5, 5.41) is 0.0777. The molecule has 0 aromatic heterocycles. The Labute approximate surface area is 81.4 Å². The fourth-order valence-corrected chi connectivity index (χ4v) is 0.572. The summed E-state index contributed by atoms with van der Waals surface area (Å²) in [4.78, 5) is 0. The molecule has 0 heterocycles. The predicted octanol–water partition coefficient (Wildman–Crippen LogP) is 2.87. The molecule has 1 aromatic rings. The molecule has 11 heavy (non-hydrogen) atoms. The van der Waals surface area contributed by atoms with Gasteiger partial charge in [-0.3, -0.25) is 4.39 Å². The molecule has 0 aliphatic heterocycles. The van der Waals surface area contributed by atoms with Gasteiger partial charge >= 0.3 is 18.6 Å². The molecule has 0 amide bonds. The van der Waals surface area contributed by atoms with Gasteiger partial charge in [-0.15, -0.1) is 29.8 Å². The number of hydrogen-bond donors (Lipinski definition) is 0. The van der Waals surface area contributed by atoms with Crippen LogP contribution in [0, 0.1) is 25.1 Å². The smallest absolute Gasteiger partial charge is 0.358 e. The van der Waals surface area contributed by atoms with Crippen LogP contribution in [0.5, 0.6) is 0 Å². The molecule has 0 aliphatic rings. The number of rotatable bonds is 0. The van der Waals surface area contributed by atoms with E-state index in [9.17, 15) is 8.78 Å². The Balaban J connectivity index is 0. The van der Waals surface area contributed by atoms with E-state index in [1.807, 2.05) is 6.07 Å². The molecule has 4 heteroatoms. The molecule has 1 radical (unpaired) electrons. The fraction of sp³-hybridized carbons (Fsp3) is 0. The van der Waals surface area contributed by atoms with E-state index >= 15 is 0 Å². The van der Waals surface area contributed by atoms with Crippen LogP contribution in [0.2, 0.25) is 5.02 Å². The Morgan fingerprint density at radius 1 is 1.27 bits per heavy atom. The van der Waals surface area contributed by atoms with Gasteiger partial charge in [0.25, 0.3) is 0 Å². The third-order valence-corrected chi connectivity index (χ3v) is 1.04. The Hall–Kier alpha value is -0.0456. The van der Waals surface area contributed by atoms with Crippen molar-refractivity contribution in [1.82, 2.24) is 0 Å². The predicted molar refractivity (Wildman–Crippen MR) is 36.6 cm³/mol. The first-order valence-electron chi connectivity index (χ1n) is 2.23. The van der Waals surface area contributed by atoms with E-state index in [0.29, 0.717) is 0 Å². The van der Waals surface area contributed by atoms with Gasteiger partial charge in [-0.05, 0) is 0 Å². The van der Waals surface area contributed by atoms with E-state index in [1.165, 1.54) is 6.07 Å². The summed E-state index contributed by atoms with van der Waals surface area (Å²) in [6, 6.07) is 4.15. The molecule has 0 aliphatic carbocycles. The average molecular weight is 214 g/mol. The second kappa shape index (κ2) is 5.59. The zero-order valence-electron chi connectivity index (χ0n) is 5.74. The van der Waals surface area contributed by atoms with Crippen molar-refractivity contribution >= 4 is 11.6 Å². The van der Waals surface area contributed by atoms with Crippen LogP contribution in [0.1, 0.15) is 0 Å². The van der Waals surface area contributed by atoms with Gasteiger partial charge < -0.3 is 7.43 Å². The second-order valence-electron chi connectivity index (χ2n) is 1.47. The maximum absolute atomic E-state index is 12.1. The van der Waals surface area contributed by atoms with E-state index in [-0.39, 0.29) is 31.0 Å². The van der Waals surface area contributed by atoms with Gasteiger partial charge in [0.1, 0.15) is 0 Å². The number of benzene rings is 1. The first-order valence-corrected chi connectivity index (χ1v) is 2.61. The molecular formula is C7H5ClF2V. The van der Waals surface area contributed by atoms with Crippen LogP contribution in [-0.4, -0.2) is 0 Å². The second-order valence-corrected chi connectivity index (χ2v) is 1.88. The van der Waals surface area contributed by atoms with Crippen molar-refractivity contribution in [3.05, 3.63) is 42.3 Å². The summed E-state index contributed by atoms with van der Waals surface area (Å²) in [6.07, 6.45) is 0. The minimum Gasteiger partial charge on any atom is -0.358 e. The van der Waals surface area contributed by atoms with E-state index in [0.717, 1.165) is 6.07 Å². The number of halogens is 3. The normalized spacial score (nSPS) is 7.91. The summed E-state index contributed by atoms with van der Waals surface area (Å²) >= 11 is 5.25. The van der Waals surface area contributed by atoms with Crippen LogP contribution >= 0.6 is 11.6 Å². The molecule has 59 valence electrons. The fourth-order valence-electron chi connectivity index (χ4n) is 0.426. The first kappa shape index (κ1) is 13.5. The van der Waals surface area contributed by atoms with Crippen molar-refractivity contribution in [1.29, 1.82) is 0 Å². The SMILES string of the molecule is Fc1[c-]c(Cl)ccc1F.[CH3-].[V+2]. The van der Waals surface area contributed by atoms with Crippen LogP contribution < -0.4 is 0 Å². The molecule has 0 nitrogen and oxygen atoms in total. The van der Waals surface area contributed by atoms with Crippen molar-refractivity contribution in [2.75, 3.05) is 0 Å². The molecule has 0 saturated heterocycles. The van der Waals surface area contributed by atoms with Crippen LogP contribution in [-0.2, 0) is 18.6 Å². The minimum absolute atomic E-state index is 0. The molecule has 0 saturated carbocycles. The summed E-state index contributed by atoms with van der Waals surface area (Å²) in [6.45, 7) is 0. The van der Waals surface area contributed by atoms with Crippen molar-refractivity contribution in [3.8, 4) is 0 Å². The molecule has 1 aromatic carbocycles. The van der Waals surface area contributed by atoms with Crippen LogP contribution in [0.3, 0.4) is 0 Å². The maximum Gasteiger partial charge on any atom is 2.00 e. The standard InChI is InChI=1S/C6H2ClF2.CH3.V/c7-4-1-2-5(8)6(9)3-4;;/h1-2H;1H3;/q2*-1;+2. The largest absolute Gasteiger partial charge is 2.00 e. The van der Waals surface area contributed by atoms with E-state index in [1.54, 1.807) is 0 Å². The molecule has 1 rings (SSSR count). The first-order chi connectivity index (χ1) is 4.20. The molecule has 0 N–H and O–H groups in total.